The summed E-state index contributed by atoms with van der Waals surface area (Å²) < 4.78 is 0. The summed E-state index contributed by atoms with van der Waals surface area (Å²) in [4.78, 5) is 39.1. The van der Waals surface area contributed by atoms with Crippen molar-refractivity contribution >= 4 is 57.3 Å². The molecule has 9 nitrogen and oxygen atoms in total. The summed E-state index contributed by atoms with van der Waals surface area (Å²) >= 11 is 6.46. The van der Waals surface area contributed by atoms with Crippen molar-refractivity contribution in [2.75, 3.05) is 36.6 Å². The maximum atomic E-state index is 12.9. The molecule has 0 aliphatic heterocycles. The van der Waals surface area contributed by atoms with E-state index in [4.69, 9.17) is 11.6 Å². The van der Waals surface area contributed by atoms with Crippen LogP contribution in [-0.4, -0.2) is 52.3 Å². The van der Waals surface area contributed by atoms with Gasteiger partial charge in [-0.2, -0.15) is 0 Å². The molecule has 0 radical (unpaired) electrons. The summed E-state index contributed by atoms with van der Waals surface area (Å²) in [5.41, 5.74) is 4.81. The molecule has 0 saturated heterocycles. The lowest BCUT2D eigenvalue weighted by atomic mass is 10.1. The number of carbonyl (C=O) groups excluding carboxylic acids is 2. The Morgan fingerprint density at radius 1 is 0.951 bits per heavy atom. The molecule has 0 fully saturated rings. The number of H-pyrrole nitrogens is 1. The zero-order chi connectivity index (χ0) is 28.8. The van der Waals surface area contributed by atoms with Gasteiger partial charge in [0.25, 0.3) is 5.91 Å². The lowest BCUT2D eigenvalue weighted by molar-refractivity contribution is -0.111. The van der Waals surface area contributed by atoms with Crippen LogP contribution in [0.2, 0.25) is 5.02 Å². The van der Waals surface area contributed by atoms with Crippen molar-refractivity contribution in [1.82, 2.24) is 19.9 Å². The van der Waals surface area contributed by atoms with Gasteiger partial charge in [0.05, 0.1) is 16.9 Å². The van der Waals surface area contributed by atoms with E-state index in [0.717, 1.165) is 16.5 Å². The molecule has 4 N–H and O–H groups in total. The highest BCUT2D eigenvalue weighted by atomic mass is 35.5. The Balaban J connectivity index is 1.24. The molecule has 0 bridgehead atoms. The summed E-state index contributed by atoms with van der Waals surface area (Å²) in [6.07, 6.45) is 6.70. The number of anilines is 4. The van der Waals surface area contributed by atoms with Gasteiger partial charge in [0.15, 0.2) is 0 Å². The third kappa shape index (κ3) is 6.96. The minimum atomic E-state index is -0.282. The average molecular weight is 566 g/mol. The van der Waals surface area contributed by atoms with Gasteiger partial charge in [-0.25, -0.2) is 9.97 Å². The first-order chi connectivity index (χ1) is 19.9. The minimum Gasteiger partial charge on any atom is -0.360 e. The van der Waals surface area contributed by atoms with E-state index in [0.29, 0.717) is 45.8 Å². The molecule has 0 atom stereocenters. The second kappa shape index (κ2) is 12.5. The molecule has 0 saturated carbocycles. The first-order valence-corrected chi connectivity index (χ1v) is 13.2. The first-order valence-electron chi connectivity index (χ1n) is 12.9. The molecular formula is C31H28ClN7O2. The Bertz CT molecular complexity index is 1730. The number of para-hydroxylation sites is 1. The van der Waals surface area contributed by atoms with Crippen molar-refractivity contribution in [1.29, 1.82) is 0 Å². The zero-order valence-electron chi connectivity index (χ0n) is 22.5. The Labute approximate surface area is 242 Å². The molecule has 41 heavy (non-hydrogen) atoms. The Morgan fingerprint density at radius 2 is 1.73 bits per heavy atom. The van der Waals surface area contributed by atoms with Gasteiger partial charge in [0.1, 0.15) is 0 Å². The molecule has 3 aromatic carbocycles. The monoisotopic (exact) mass is 565 g/mol. The fourth-order valence-corrected chi connectivity index (χ4v) is 4.34. The van der Waals surface area contributed by atoms with Gasteiger partial charge in [-0.15, -0.1) is 0 Å². The molecule has 5 rings (SSSR count). The Morgan fingerprint density at radius 3 is 2.54 bits per heavy atom. The second-order valence-corrected chi connectivity index (χ2v) is 9.94. The number of nitrogens with zero attached hydrogens (tertiary/aromatic N) is 3. The van der Waals surface area contributed by atoms with Crippen molar-refractivity contribution in [3.8, 4) is 11.3 Å². The predicted octanol–water partition coefficient (Wildman–Crippen LogP) is 6.33. The highest BCUT2D eigenvalue weighted by Crippen LogP contribution is 2.32. The van der Waals surface area contributed by atoms with Gasteiger partial charge in [0.2, 0.25) is 11.9 Å². The van der Waals surface area contributed by atoms with Crippen LogP contribution in [0.15, 0.2) is 97.3 Å². The number of likely N-dealkylation sites (N-methyl/N-ethyl adjacent to an activating group) is 1. The maximum absolute atomic E-state index is 12.9. The molecule has 2 heterocycles. The predicted molar refractivity (Wildman–Crippen MR) is 165 cm³/mol. The molecule has 0 aliphatic carbocycles. The third-order valence-electron chi connectivity index (χ3n) is 6.12. The van der Waals surface area contributed by atoms with Gasteiger partial charge >= 0.3 is 0 Å². The highest BCUT2D eigenvalue weighted by Gasteiger charge is 2.13. The van der Waals surface area contributed by atoms with Crippen LogP contribution in [0.1, 0.15) is 10.4 Å². The summed E-state index contributed by atoms with van der Waals surface area (Å²) in [6.45, 7) is 0.669. The molecule has 0 aliphatic rings. The molecule has 2 aromatic heterocycles. The lowest BCUT2D eigenvalue weighted by Gasteiger charge is -2.10. The molecule has 10 heteroatoms. The number of amides is 2. The summed E-state index contributed by atoms with van der Waals surface area (Å²) in [6, 6.07) is 21.9. The number of fused-ring (bicyclic) bond motifs is 1. The minimum absolute atomic E-state index is 0.230. The number of benzene rings is 3. The zero-order valence-corrected chi connectivity index (χ0v) is 23.2. The van der Waals surface area contributed by atoms with E-state index < -0.39 is 0 Å². The number of carbonyl (C=O) groups is 2. The van der Waals surface area contributed by atoms with Gasteiger partial charge in [-0.1, -0.05) is 41.9 Å². The van der Waals surface area contributed by atoms with Crippen molar-refractivity contribution in [3.05, 3.63) is 108 Å². The topological polar surface area (TPSA) is 115 Å². The van der Waals surface area contributed by atoms with E-state index in [-0.39, 0.29) is 11.8 Å². The number of halogens is 1. The van der Waals surface area contributed by atoms with Crippen LogP contribution in [-0.2, 0) is 4.79 Å². The average Bonchev–Trinajstić information content (AvgIpc) is 3.38. The van der Waals surface area contributed by atoms with Crippen molar-refractivity contribution in [2.45, 2.75) is 0 Å². The fourth-order valence-electron chi connectivity index (χ4n) is 4.15. The highest BCUT2D eigenvalue weighted by molar-refractivity contribution is 6.33. The quantitative estimate of drug-likeness (QED) is 0.155. The smallest absolute Gasteiger partial charge is 0.255 e. The normalized spacial score (nSPS) is 11.2. The molecule has 2 amide bonds. The van der Waals surface area contributed by atoms with Crippen LogP contribution in [0.25, 0.3) is 22.2 Å². The molecular weight excluding hydrogens is 538 g/mol. The number of rotatable bonds is 9. The number of hydrogen-bond donors (Lipinski definition) is 4. The van der Waals surface area contributed by atoms with Crippen LogP contribution in [0, 0.1) is 0 Å². The number of aromatic nitrogens is 3. The molecule has 0 unspecified atom stereocenters. The van der Waals surface area contributed by atoms with E-state index in [1.165, 1.54) is 6.08 Å². The number of nitrogens with one attached hydrogen (secondary N) is 4. The van der Waals surface area contributed by atoms with E-state index in [2.05, 4.69) is 30.9 Å². The van der Waals surface area contributed by atoms with E-state index in [1.807, 2.05) is 61.6 Å². The molecule has 5 aromatic rings. The van der Waals surface area contributed by atoms with Crippen LogP contribution >= 0.6 is 11.6 Å². The van der Waals surface area contributed by atoms with Gasteiger partial charge in [0, 0.05) is 57.9 Å². The standard InChI is InChI=1S/C31H28ClN7O2/c1-39(2)16-6-11-28(40)35-21-14-12-20(13-15-21)30(41)36-22-7-5-8-23(17-22)37-31-34-19-26(32)29(38-31)25-18-33-27-10-4-3-9-24(25)27/h3-15,17-19,33H,16H2,1-2H3,(H,35,40)(H,36,41)(H,34,37,38)/b11-6-. The van der Waals surface area contributed by atoms with E-state index >= 15 is 0 Å². The summed E-state index contributed by atoms with van der Waals surface area (Å²) in [7, 11) is 3.85. The molecule has 206 valence electrons. The van der Waals surface area contributed by atoms with Crippen molar-refractivity contribution in [3.63, 3.8) is 0 Å². The Hall–Kier alpha value is -4.99. The summed E-state index contributed by atoms with van der Waals surface area (Å²) in [5, 5.41) is 10.3. The maximum Gasteiger partial charge on any atom is 0.255 e. The fraction of sp³-hybridized carbons (Fsp3) is 0.0968. The second-order valence-electron chi connectivity index (χ2n) is 9.53. The van der Waals surface area contributed by atoms with Crippen molar-refractivity contribution in [2.24, 2.45) is 0 Å². The van der Waals surface area contributed by atoms with Gasteiger partial charge < -0.3 is 25.8 Å². The van der Waals surface area contributed by atoms with Crippen molar-refractivity contribution < 1.29 is 9.59 Å². The van der Waals surface area contributed by atoms with Gasteiger partial charge in [-0.05, 0) is 62.6 Å². The molecule has 0 spiro atoms. The van der Waals surface area contributed by atoms with Crippen LogP contribution < -0.4 is 16.0 Å². The SMILES string of the molecule is CN(C)C/C=C\C(=O)Nc1ccc(C(=O)Nc2cccc(Nc3ncc(Cl)c(-c4c[nH]c5ccccc45)n3)c2)cc1. The number of aromatic amines is 1. The summed E-state index contributed by atoms with van der Waals surface area (Å²) in [5.74, 6) is -0.144. The number of hydrogen-bond acceptors (Lipinski definition) is 6. The first kappa shape index (κ1) is 27.6. The van der Waals surface area contributed by atoms with E-state index in [9.17, 15) is 9.59 Å². The lowest BCUT2D eigenvalue weighted by Crippen LogP contribution is -2.13. The van der Waals surface area contributed by atoms with Gasteiger partial charge in [-0.3, -0.25) is 9.59 Å². The Kier molecular flexibility index (Phi) is 8.38. The van der Waals surface area contributed by atoms with Crippen LogP contribution in [0.5, 0.6) is 0 Å². The van der Waals surface area contributed by atoms with E-state index in [1.54, 1.807) is 48.7 Å². The van der Waals surface area contributed by atoms with Crippen LogP contribution in [0.4, 0.5) is 23.0 Å². The third-order valence-corrected chi connectivity index (χ3v) is 6.40. The largest absolute Gasteiger partial charge is 0.360 e. The van der Waals surface area contributed by atoms with Crippen LogP contribution in [0.3, 0.4) is 0 Å².